The summed E-state index contributed by atoms with van der Waals surface area (Å²) in [5.74, 6) is -3.29. The summed E-state index contributed by atoms with van der Waals surface area (Å²) in [6.45, 7) is 1.15. The molecule has 0 bridgehead atoms. The number of carbonyl (C=O) groups excluding carboxylic acids is 2. The Hall–Kier alpha value is -3.45. The van der Waals surface area contributed by atoms with Crippen LogP contribution in [0.2, 0.25) is 5.02 Å². The monoisotopic (exact) mass is 528 g/mol. The number of hydrogen-bond acceptors (Lipinski definition) is 5. The lowest BCUT2D eigenvalue weighted by molar-refractivity contribution is -0.177. The summed E-state index contributed by atoms with van der Waals surface area (Å²) in [4.78, 5) is 25.2. The van der Waals surface area contributed by atoms with Gasteiger partial charge in [0.1, 0.15) is 5.75 Å². The van der Waals surface area contributed by atoms with E-state index in [1.807, 2.05) is 0 Å². The number of hydrogen-bond donors (Lipinski definition) is 0. The van der Waals surface area contributed by atoms with E-state index in [1.165, 1.54) is 18.2 Å². The van der Waals surface area contributed by atoms with Crippen molar-refractivity contribution < 1.29 is 32.6 Å². The fourth-order valence-electron chi connectivity index (χ4n) is 4.63. The minimum Gasteiger partial charge on any atom is -0.467 e. The van der Waals surface area contributed by atoms with Crippen molar-refractivity contribution >= 4 is 23.5 Å². The summed E-state index contributed by atoms with van der Waals surface area (Å²) in [5, 5.41) is 0.467. The SMILES string of the molecule is COC(=O)[C@@](F)([C@H](Cc1ccc(F)c(Oc2ccccc2)c1)OC(C)=O)[C@H](c1ccc(Cl)cc1)C1CC1. The number of benzene rings is 3. The zero-order valence-electron chi connectivity index (χ0n) is 20.5. The molecule has 0 radical (unpaired) electrons. The average molecular weight is 529 g/mol. The first-order valence-corrected chi connectivity index (χ1v) is 12.3. The van der Waals surface area contributed by atoms with Crippen LogP contribution < -0.4 is 4.74 Å². The van der Waals surface area contributed by atoms with Gasteiger partial charge in [-0.2, -0.15) is 0 Å². The molecule has 0 spiro atoms. The molecule has 194 valence electrons. The molecular formula is C29H27ClF2O5. The molecule has 1 aliphatic rings. The molecule has 1 aliphatic carbocycles. The number of esters is 2. The van der Waals surface area contributed by atoms with Gasteiger partial charge in [-0.3, -0.25) is 4.79 Å². The van der Waals surface area contributed by atoms with Crippen LogP contribution in [0.15, 0.2) is 72.8 Å². The van der Waals surface area contributed by atoms with Gasteiger partial charge in [-0.25, -0.2) is 13.6 Å². The van der Waals surface area contributed by atoms with Gasteiger partial charge in [-0.05, 0) is 66.3 Å². The van der Waals surface area contributed by atoms with Crippen LogP contribution in [0, 0.1) is 11.7 Å². The van der Waals surface area contributed by atoms with Crippen LogP contribution in [0.25, 0.3) is 0 Å². The van der Waals surface area contributed by atoms with Crippen LogP contribution in [-0.4, -0.2) is 30.8 Å². The lowest BCUT2D eigenvalue weighted by Gasteiger charge is -2.37. The number of carbonyl (C=O) groups is 2. The maximum atomic E-state index is 17.3. The fraction of sp³-hybridized carbons (Fsp3) is 0.310. The van der Waals surface area contributed by atoms with Crippen LogP contribution in [0.3, 0.4) is 0 Å². The number of methoxy groups -OCH3 is 1. The zero-order chi connectivity index (χ0) is 26.6. The Morgan fingerprint density at radius 1 is 1.05 bits per heavy atom. The molecule has 0 unspecified atom stereocenters. The summed E-state index contributed by atoms with van der Waals surface area (Å²) in [7, 11) is 1.09. The normalized spacial score (nSPS) is 16.2. The number of alkyl halides is 1. The zero-order valence-corrected chi connectivity index (χ0v) is 21.2. The molecular weight excluding hydrogens is 502 g/mol. The van der Waals surface area contributed by atoms with E-state index in [9.17, 15) is 14.0 Å². The summed E-state index contributed by atoms with van der Waals surface area (Å²) >= 11 is 6.04. The van der Waals surface area contributed by atoms with E-state index in [0.717, 1.165) is 14.0 Å². The number of rotatable bonds is 10. The van der Waals surface area contributed by atoms with Crippen molar-refractivity contribution in [2.45, 2.75) is 43.9 Å². The first-order valence-electron chi connectivity index (χ1n) is 11.9. The third-order valence-corrected chi connectivity index (χ3v) is 6.69. The van der Waals surface area contributed by atoms with Crippen molar-refractivity contribution in [3.05, 3.63) is 94.8 Å². The van der Waals surface area contributed by atoms with E-state index in [0.29, 0.717) is 34.7 Å². The summed E-state index contributed by atoms with van der Waals surface area (Å²) in [5.41, 5.74) is -1.76. The van der Waals surface area contributed by atoms with Gasteiger partial charge in [0.2, 0.25) is 0 Å². The van der Waals surface area contributed by atoms with Gasteiger partial charge in [0.15, 0.2) is 17.7 Å². The summed E-state index contributed by atoms with van der Waals surface area (Å²) in [6, 6.07) is 19.2. The third kappa shape index (κ3) is 6.10. The fourth-order valence-corrected chi connectivity index (χ4v) is 4.76. The minimum atomic E-state index is -2.72. The van der Waals surface area contributed by atoms with Crippen molar-refractivity contribution in [2.24, 2.45) is 5.92 Å². The molecule has 0 heterocycles. The van der Waals surface area contributed by atoms with Gasteiger partial charge in [0, 0.05) is 24.3 Å². The topological polar surface area (TPSA) is 61.8 Å². The van der Waals surface area contributed by atoms with Gasteiger partial charge in [-0.1, -0.05) is 48.0 Å². The van der Waals surface area contributed by atoms with Crippen LogP contribution in [0.1, 0.15) is 36.8 Å². The maximum absolute atomic E-state index is 17.3. The van der Waals surface area contributed by atoms with Crippen molar-refractivity contribution in [1.82, 2.24) is 0 Å². The van der Waals surface area contributed by atoms with E-state index in [2.05, 4.69) is 0 Å². The van der Waals surface area contributed by atoms with Gasteiger partial charge >= 0.3 is 11.9 Å². The van der Waals surface area contributed by atoms with Crippen LogP contribution in [0.5, 0.6) is 11.5 Å². The Labute approximate surface area is 219 Å². The molecule has 0 saturated heterocycles. The second-order valence-electron chi connectivity index (χ2n) is 9.11. The van der Waals surface area contributed by atoms with E-state index in [-0.39, 0.29) is 18.1 Å². The number of para-hydroxylation sites is 1. The lowest BCUT2D eigenvalue weighted by atomic mass is 9.75. The largest absolute Gasteiger partial charge is 0.467 e. The number of ether oxygens (including phenoxy) is 3. The van der Waals surface area contributed by atoms with Crippen LogP contribution in [0.4, 0.5) is 8.78 Å². The molecule has 4 rings (SSSR count). The third-order valence-electron chi connectivity index (χ3n) is 6.44. The Bertz CT molecular complexity index is 1250. The molecule has 37 heavy (non-hydrogen) atoms. The van der Waals surface area contributed by atoms with Crippen molar-refractivity contribution in [2.75, 3.05) is 7.11 Å². The van der Waals surface area contributed by atoms with Gasteiger partial charge < -0.3 is 14.2 Å². The predicted molar refractivity (Wildman–Crippen MR) is 135 cm³/mol. The number of halogens is 3. The molecule has 0 aliphatic heterocycles. The van der Waals surface area contributed by atoms with Gasteiger partial charge in [0.05, 0.1) is 7.11 Å². The highest BCUT2D eigenvalue weighted by Crippen LogP contribution is 2.52. The van der Waals surface area contributed by atoms with Gasteiger partial charge in [-0.15, -0.1) is 0 Å². The smallest absolute Gasteiger partial charge is 0.348 e. The van der Waals surface area contributed by atoms with E-state index >= 15 is 4.39 Å². The Kier molecular flexibility index (Phi) is 8.13. The van der Waals surface area contributed by atoms with Crippen LogP contribution in [-0.2, 0) is 25.5 Å². The van der Waals surface area contributed by atoms with E-state index in [4.69, 9.17) is 25.8 Å². The molecule has 3 atom stereocenters. The van der Waals surface area contributed by atoms with Crippen molar-refractivity contribution in [3.8, 4) is 11.5 Å². The highest BCUT2D eigenvalue weighted by molar-refractivity contribution is 6.30. The molecule has 5 nitrogen and oxygen atoms in total. The Balaban J connectivity index is 1.74. The van der Waals surface area contributed by atoms with E-state index < -0.39 is 35.4 Å². The molecule has 0 N–H and O–H groups in total. The quantitative estimate of drug-likeness (QED) is 0.270. The predicted octanol–water partition coefficient (Wildman–Crippen LogP) is 6.82. The standard InChI is InChI=1S/C29H27ClF2O5/c1-18(33)36-26(17-19-8-15-24(31)25(16-19)37-23-6-4-3-5-7-23)29(32,28(34)35-2)27(20-9-10-20)21-11-13-22(30)14-12-21/h3-8,11-16,20,26-27H,9-10,17H2,1-2H3/t26-,27-,29+/m0/s1. The second kappa shape index (κ2) is 11.3. The van der Waals surface area contributed by atoms with E-state index in [1.54, 1.807) is 54.6 Å². The highest BCUT2D eigenvalue weighted by atomic mass is 35.5. The molecule has 1 fully saturated rings. The molecule has 1 saturated carbocycles. The first kappa shape index (κ1) is 26.6. The van der Waals surface area contributed by atoms with Crippen molar-refractivity contribution in [1.29, 1.82) is 0 Å². The van der Waals surface area contributed by atoms with Gasteiger partial charge in [0.25, 0.3) is 5.67 Å². The molecule has 0 amide bonds. The average Bonchev–Trinajstić information content (AvgIpc) is 3.71. The summed E-state index contributed by atoms with van der Waals surface area (Å²) in [6.07, 6.45) is -0.357. The first-order chi connectivity index (χ1) is 17.7. The summed E-state index contributed by atoms with van der Waals surface area (Å²) < 4.78 is 47.9. The molecule has 3 aromatic carbocycles. The molecule has 8 heteroatoms. The molecule has 3 aromatic rings. The maximum Gasteiger partial charge on any atom is 0.348 e. The second-order valence-corrected chi connectivity index (χ2v) is 9.54. The van der Waals surface area contributed by atoms with Crippen LogP contribution >= 0.6 is 11.6 Å². The van der Waals surface area contributed by atoms with Crippen molar-refractivity contribution in [3.63, 3.8) is 0 Å². The Morgan fingerprint density at radius 3 is 2.32 bits per heavy atom. The highest BCUT2D eigenvalue weighted by Gasteiger charge is 2.60. The minimum absolute atomic E-state index is 0.0794. The Morgan fingerprint density at radius 2 is 1.73 bits per heavy atom. The lowest BCUT2D eigenvalue weighted by Crippen LogP contribution is -2.54. The molecule has 0 aromatic heterocycles.